The molecule has 0 atom stereocenters. The first-order chi connectivity index (χ1) is 2.27. The second-order valence-corrected chi connectivity index (χ2v) is 0.542. The molecule has 6 heavy (non-hydrogen) atoms. The van der Waals surface area contributed by atoms with Gasteiger partial charge in [-0.05, 0) is 0 Å². The molecule has 0 saturated heterocycles. The van der Waals surface area contributed by atoms with Crippen molar-refractivity contribution in [1.29, 1.82) is 0 Å². The predicted octanol–water partition coefficient (Wildman–Crippen LogP) is -0.124. The van der Waals surface area contributed by atoms with E-state index in [-0.39, 0.29) is 23.1 Å². The fraction of sp³-hybridized carbons (Fsp3) is 0. The highest BCUT2D eigenvalue weighted by Crippen LogP contribution is 1.54. The third-order valence-electron chi connectivity index (χ3n) is 0.175. The Hall–Kier alpha value is -0.0238. The molecule has 0 bridgehead atoms. The number of carbonyl (C=O) groups is 1. The van der Waals surface area contributed by atoms with E-state index in [0.29, 0.717) is 0 Å². The summed E-state index contributed by atoms with van der Waals surface area (Å²) in [7, 11) is 0. The summed E-state index contributed by atoms with van der Waals surface area (Å²) in [4.78, 5) is 9.25. The first kappa shape index (κ1) is 9.36. The van der Waals surface area contributed by atoms with E-state index >= 15 is 0 Å². The second-order valence-electron chi connectivity index (χ2n) is 0.542. The van der Waals surface area contributed by atoms with Crippen LogP contribution < -0.4 is 0 Å². The van der Waals surface area contributed by atoms with Crippen molar-refractivity contribution in [3.8, 4) is 0 Å². The largest absolute Gasteiger partial charge is 0.478 e. The van der Waals surface area contributed by atoms with Crippen LogP contribution >= 0.6 is 0 Å². The highest BCUT2D eigenvalue weighted by Gasteiger charge is 1.73. The number of hydrogen-bond acceptors (Lipinski definition) is 1. The first-order valence-electron chi connectivity index (χ1n) is 1.12. The summed E-state index contributed by atoms with van der Waals surface area (Å²) in [6.45, 7) is 2.96. The van der Waals surface area contributed by atoms with Crippen molar-refractivity contribution in [3.05, 3.63) is 12.7 Å². The van der Waals surface area contributed by atoms with E-state index in [0.717, 1.165) is 6.08 Å². The van der Waals surface area contributed by atoms with Crippen molar-refractivity contribution in [2.45, 2.75) is 0 Å². The van der Waals surface area contributed by atoms with Crippen molar-refractivity contribution in [2.24, 2.45) is 0 Å². The van der Waals surface area contributed by atoms with Gasteiger partial charge >= 0.3 is 5.97 Å². The minimum atomic E-state index is -0.981. The summed E-state index contributed by atoms with van der Waals surface area (Å²) in [5, 5.41) is 7.60. The van der Waals surface area contributed by atoms with Gasteiger partial charge in [-0.1, -0.05) is 6.58 Å². The molecule has 2 nitrogen and oxygen atoms in total. The molecule has 3 heteroatoms. The smallest absolute Gasteiger partial charge is 0.327 e. The lowest BCUT2D eigenvalue weighted by molar-refractivity contribution is -0.131. The average Bonchev–Trinajstić information content (AvgIpc) is 1.38. The molecule has 0 aliphatic carbocycles. The van der Waals surface area contributed by atoms with Crippen LogP contribution in [0.2, 0.25) is 0 Å². The lowest BCUT2D eigenvalue weighted by Crippen LogP contribution is -1.82. The molecule has 0 rings (SSSR count). The lowest BCUT2D eigenvalue weighted by Gasteiger charge is -1.64. The van der Waals surface area contributed by atoms with Gasteiger partial charge in [0.1, 0.15) is 0 Å². The minimum Gasteiger partial charge on any atom is -0.478 e. The van der Waals surface area contributed by atoms with Crippen molar-refractivity contribution in [2.75, 3.05) is 0 Å². The summed E-state index contributed by atoms with van der Waals surface area (Å²) in [5.74, 6) is -0.981. The molecule has 0 aromatic carbocycles. The molecule has 0 unspecified atom stereocenters. The van der Waals surface area contributed by atoms with Gasteiger partial charge in [0.2, 0.25) is 0 Å². The SMILES string of the molecule is C=CC(=O)O.[Mg]. The van der Waals surface area contributed by atoms with Gasteiger partial charge in [0.25, 0.3) is 0 Å². The van der Waals surface area contributed by atoms with E-state index in [1.54, 1.807) is 0 Å². The van der Waals surface area contributed by atoms with E-state index in [9.17, 15) is 4.79 Å². The van der Waals surface area contributed by atoms with E-state index in [4.69, 9.17) is 5.11 Å². The Morgan fingerprint density at radius 3 is 2.00 bits per heavy atom. The minimum absolute atomic E-state index is 0. The maximum absolute atomic E-state index is 9.25. The summed E-state index contributed by atoms with van der Waals surface area (Å²) in [6.07, 6.45) is 0.833. The quantitative estimate of drug-likeness (QED) is 0.365. The van der Waals surface area contributed by atoms with Crippen LogP contribution in [0.25, 0.3) is 0 Å². The molecule has 0 spiro atoms. The molecule has 0 saturated carbocycles. The third-order valence-corrected chi connectivity index (χ3v) is 0.175. The Bertz CT molecular complexity index is 59.8. The van der Waals surface area contributed by atoms with Crippen LogP contribution in [0.1, 0.15) is 0 Å². The number of aliphatic carboxylic acids is 1. The molecule has 0 aromatic heterocycles. The Kier molecular flexibility index (Phi) is 7.76. The van der Waals surface area contributed by atoms with Gasteiger partial charge in [0.15, 0.2) is 0 Å². The standard InChI is InChI=1S/C3H4O2.Mg/c1-2-3(4)5;/h2H,1H2,(H,4,5);. The van der Waals surface area contributed by atoms with E-state index in [1.807, 2.05) is 0 Å². The van der Waals surface area contributed by atoms with Crippen molar-refractivity contribution in [1.82, 2.24) is 0 Å². The maximum Gasteiger partial charge on any atom is 0.327 e. The molecule has 0 aromatic rings. The predicted molar refractivity (Wildman–Crippen MR) is 23.6 cm³/mol. The molecule has 2 radical (unpaired) electrons. The van der Waals surface area contributed by atoms with E-state index in [1.165, 1.54) is 0 Å². The van der Waals surface area contributed by atoms with Crippen LogP contribution in [0.3, 0.4) is 0 Å². The molecule has 30 valence electrons. The number of hydrogen-bond donors (Lipinski definition) is 1. The summed E-state index contributed by atoms with van der Waals surface area (Å²) in [6, 6.07) is 0. The molecular formula is C3H4MgO2. The molecule has 0 amide bonds. The normalized spacial score (nSPS) is 5.33. The van der Waals surface area contributed by atoms with Crippen LogP contribution in [0, 0.1) is 0 Å². The number of carboxylic acids is 1. The van der Waals surface area contributed by atoms with Gasteiger partial charge in [0.05, 0.1) is 0 Å². The Morgan fingerprint density at radius 2 is 2.00 bits per heavy atom. The summed E-state index contributed by atoms with van der Waals surface area (Å²) < 4.78 is 0. The molecule has 0 aliphatic rings. The van der Waals surface area contributed by atoms with Crippen LogP contribution in [0.15, 0.2) is 12.7 Å². The zero-order valence-electron chi connectivity index (χ0n) is 3.35. The Balaban J connectivity index is 0. The van der Waals surface area contributed by atoms with Crippen molar-refractivity contribution < 1.29 is 9.90 Å². The number of carboxylic acid groups (broad SMARTS) is 1. The first-order valence-corrected chi connectivity index (χ1v) is 1.12. The monoisotopic (exact) mass is 96.0 g/mol. The van der Waals surface area contributed by atoms with Crippen molar-refractivity contribution >= 4 is 29.0 Å². The molecule has 0 aliphatic heterocycles. The molecular weight excluding hydrogens is 92.3 g/mol. The Labute approximate surface area is 52.0 Å². The Morgan fingerprint density at radius 1 is 1.83 bits per heavy atom. The van der Waals surface area contributed by atoms with Gasteiger partial charge in [-0.3, -0.25) is 0 Å². The van der Waals surface area contributed by atoms with Crippen LogP contribution in [0.5, 0.6) is 0 Å². The van der Waals surface area contributed by atoms with Gasteiger partial charge < -0.3 is 5.11 Å². The molecule has 1 N–H and O–H groups in total. The lowest BCUT2D eigenvalue weighted by atomic mass is 10.7. The number of rotatable bonds is 1. The topological polar surface area (TPSA) is 37.3 Å². The van der Waals surface area contributed by atoms with E-state index < -0.39 is 5.97 Å². The van der Waals surface area contributed by atoms with Gasteiger partial charge in [-0.25, -0.2) is 4.79 Å². The van der Waals surface area contributed by atoms with E-state index in [2.05, 4.69) is 6.58 Å². The summed E-state index contributed by atoms with van der Waals surface area (Å²) >= 11 is 0. The van der Waals surface area contributed by atoms with Crippen molar-refractivity contribution in [3.63, 3.8) is 0 Å². The fourth-order valence-electron chi connectivity index (χ4n) is 0. The molecule has 0 fully saturated rings. The van der Waals surface area contributed by atoms with Gasteiger partial charge in [0, 0.05) is 29.1 Å². The third kappa shape index (κ3) is 9.02. The van der Waals surface area contributed by atoms with Gasteiger partial charge in [-0.2, -0.15) is 0 Å². The zero-order chi connectivity index (χ0) is 4.28. The summed E-state index contributed by atoms with van der Waals surface area (Å²) in [5.41, 5.74) is 0. The zero-order valence-corrected chi connectivity index (χ0v) is 4.76. The second kappa shape index (κ2) is 4.98. The van der Waals surface area contributed by atoms with Crippen LogP contribution in [-0.4, -0.2) is 34.1 Å². The molecule has 0 heterocycles. The highest BCUT2D eigenvalue weighted by atomic mass is 24.3. The van der Waals surface area contributed by atoms with Crippen LogP contribution in [0.4, 0.5) is 0 Å². The average molecular weight is 96.4 g/mol. The van der Waals surface area contributed by atoms with Gasteiger partial charge in [-0.15, -0.1) is 0 Å². The van der Waals surface area contributed by atoms with Crippen LogP contribution in [-0.2, 0) is 4.79 Å². The maximum atomic E-state index is 9.25. The fourth-order valence-corrected chi connectivity index (χ4v) is 0. The highest BCUT2D eigenvalue weighted by molar-refractivity contribution is 5.78.